The van der Waals surface area contributed by atoms with E-state index in [-0.39, 0.29) is 16.7 Å². The fraction of sp³-hybridized carbons (Fsp3) is 0.190. The Balaban J connectivity index is 1.81. The molecule has 0 amide bonds. The molecule has 2 aromatic carbocycles. The number of nitrogens with one attached hydrogen (secondary N) is 2. The number of sulfonamides is 1. The summed E-state index contributed by atoms with van der Waals surface area (Å²) in [6, 6.07) is 11.2. The number of benzene rings is 2. The van der Waals surface area contributed by atoms with Gasteiger partial charge < -0.3 is 15.4 Å². The van der Waals surface area contributed by atoms with Crippen molar-refractivity contribution in [2.75, 3.05) is 10.6 Å². The Kier molecular flexibility index (Phi) is 6.57. The molecule has 1 unspecified atom stereocenters. The van der Waals surface area contributed by atoms with Crippen molar-refractivity contribution in [3.63, 3.8) is 0 Å². The predicted molar refractivity (Wildman–Crippen MR) is 118 cm³/mol. The summed E-state index contributed by atoms with van der Waals surface area (Å²) in [5.74, 6) is -0.0121. The van der Waals surface area contributed by atoms with Gasteiger partial charge in [-0.3, -0.25) is 0 Å². The molecule has 1 atom stereocenters. The number of anilines is 4. The van der Waals surface area contributed by atoms with Crippen molar-refractivity contribution in [2.45, 2.75) is 31.8 Å². The molecule has 0 radical (unpaired) electrons. The van der Waals surface area contributed by atoms with Gasteiger partial charge >= 0.3 is 0 Å². The van der Waals surface area contributed by atoms with Crippen LogP contribution in [0.3, 0.4) is 0 Å². The first kappa shape index (κ1) is 22.9. The molecule has 0 aliphatic rings. The predicted octanol–water partition coefficient (Wildman–Crippen LogP) is 3.66. The summed E-state index contributed by atoms with van der Waals surface area (Å²) in [7, 11) is -3.80. The van der Waals surface area contributed by atoms with Crippen molar-refractivity contribution in [2.24, 2.45) is 5.14 Å². The van der Waals surface area contributed by atoms with Crippen molar-refractivity contribution >= 4 is 33.2 Å². The normalized spacial score (nSPS) is 12.0. The topological polar surface area (TPSA) is 143 Å². The summed E-state index contributed by atoms with van der Waals surface area (Å²) in [5, 5.41) is 19.8. The number of halogens is 1. The van der Waals surface area contributed by atoms with Gasteiger partial charge in [0.05, 0.1) is 11.1 Å². The summed E-state index contributed by atoms with van der Waals surface area (Å²) in [6.45, 7) is 5.30. The standard InChI is InChI=1S/C21H21FN6O3S/c1-12-8-16(9-13(2)19(12)31-14(3)10-23)26-20-18(22)11-25-21(28-20)27-15-4-6-17(7-5-15)32(24,29)30/h4-9,11,14H,1-3H3,(H2,24,29,30)(H2,25,26,27,28). The first-order chi connectivity index (χ1) is 15.1. The quantitative estimate of drug-likeness (QED) is 0.489. The fourth-order valence-corrected chi connectivity index (χ4v) is 3.44. The van der Waals surface area contributed by atoms with Gasteiger partial charge in [-0.15, -0.1) is 0 Å². The number of ether oxygens (including phenoxy) is 1. The van der Waals surface area contributed by atoms with Crippen LogP contribution in [0.5, 0.6) is 5.75 Å². The van der Waals surface area contributed by atoms with E-state index in [0.29, 0.717) is 17.1 Å². The summed E-state index contributed by atoms with van der Waals surface area (Å²) in [6.07, 6.45) is 0.417. The number of primary sulfonamides is 1. The molecule has 0 bridgehead atoms. The molecular weight excluding hydrogens is 435 g/mol. The van der Waals surface area contributed by atoms with Gasteiger partial charge in [0.1, 0.15) is 11.8 Å². The number of aromatic nitrogens is 2. The molecule has 1 heterocycles. The first-order valence-electron chi connectivity index (χ1n) is 9.44. The van der Waals surface area contributed by atoms with E-state index in [2.05, 4.69) is 20.6 Å². The van der Waals surface area contributed by atoms with Crippen molar-refractivity contribution in [1.29, 1.82) is 5.26 Å². The van der Waals surface area contributed by atoms with Gasteiger partial charge in [0.15, 0.2) is 17.7 Å². The monoisotopic (exact) mass is 456 g/mol. The Hall–Kier alpha value is -3.75. The number of nitrogens with zero attached hydrogens (tertiary/aromatic N) is 3. The van der Waals surface area contributed by atoms with Crippen LogP contribution in [0, 0.1) is 31.0 Å². The van der Waals surface area contributed by atoms with Crippen molar-refractivity contribution < 1.29 is 17.5 Å². The summed E-state index contributed by atoms with van der Waals surface area (Å²) >= 11 is 0. The van der Waals surface area contributed by atoms with Crippen LogP contribution < -0.4 is 20.5 Å². The number of hydrogen-bond donors (Lipinski definition) is 3. The highest BCUT2D eigenvalue weighted by molar-refractivity contribution is 7.89. The SMILES string of the molecule is Cc1cc(Nc2nc(Nc3ccc(S(N)(=O)=O)cc3)ncc2F)cc(C)c1OC(C)C#N. The van der Waals surface area contributed by atoms with Gasteiger partial charge in [0, 0.05) is 11.4 Å². The van der Waals surface area contributed by atoms with Gasteiger partial charge in [-0.25, -0.2) is 22.9 Å². The smallest absolute Gasteiger partial charge is 0.238 e. The van der Waals surface area contributed by atoms with Crippen LogP contribution >= 0.6 is 0 Å². The molecule has 3 rings (SSSR count). The zero-order chi connectivity index (χ0) is 23.5. The van der Waals surface area contributed by atoms with Crippen LogP contribution in [-0.4, -0.2) is 24.5 Å². The lowest BCUT2D eigenvalue weighted by atomic mass is 10.1. The van der Waals surface area contributed by atoms with Crippen LogP contribution in [0.2, 0.25) is 0 Å². The Labute approximate surface area is 185 Å². The Morgan fingerprint density at radius 2 is 1.75 bits per heavy atom. The molecule has 1 aromatic heterocycles. The van der Waals surface area contributed by atoms with Crippen LogP contribution in [0.25, 0.3) is 0 Å². The van der Waals surface area contributed by atoms with E-state index in [1.807, 2.05) is 19.9 Å². The lowest BCUT2D eigenvalue weighted by molar-refractivity contribution is 0.273. The largest absolute Gasteiger partial charge is 0.475 e. The van der Waals surface area contributed by atoms with E-state index in [0.717, 1.165) is 17.3 Å². The highest BCUT2D eigenvalue weighted by Crippen LogP contribution is 2.30. The molecule has 32 heavy (non-hydrogen) atoms. The van der Waals surface area contributed by atoms with Gasteiger partial charge in [0.2, 0.25) is 16.0 Å². The number of nitrogens with two attached hydrogens (primary N) is 1. The van der Waals surface area contributed by atoms with Gasteiger partial charge in [-0.2, -0.15) is 10.2 Å². The van der Waals surface area contributed by atoms with Gasteiger partial charge in [-0.05, 0) is 68.3 Å². The second-order valence-electron chi connectivity index (χ2n) is 7.04. The number of hydrogen-bond acceptors (Lipinski definition) is 8. The van der Waals surface area contributed by atoms with Crippen molar-refractivity contribution in [1.82, 2.24) is 9.97 Å². The second-order valence-corrected chi connectivity index (χ2v) is 8.60. The molecule has 0 spiro atoms. The number of nitriles is 1. The van der Waals surface area contributed by atoms with E-state index >= 15 is 0 Å². The number of rotatable bonds is 7. The van der Waals surface area contributed by atoms with Crippen molar-refractivity contribution in [3.05, 3.63) is 59.5 Å². The highest BCUT2D eigenvalue weighted by Gasteiger charge is 2.13. The Bertz CT molecular complexity index is 1270. The van der Waals surface area contributed by atoms with E-state index < -0.39 is 21.9 Å². The maximum absolute atomic E-state index is 14.3. The van der Waals surface area contributed by atoms with Crippen molar-refractivity contribution in [3.8, 4) is 11.8 Å². The van der Waals surface area contributed by atoms with Crippen LogP contribution in [0.15, 0.2) is 47.5 Å². The average Bonchev–Trinajstić information content (AvgIpc) is 2.72. The first-order valence-corrected chi connectivity index (χ1v) is 11.0. The molecule has 4 N–H and O–H groups in total. The Morgan fingerprint density at radius 3 is 2.31 bits per heavy atom. The minimum Gasteiger partial charge on any atom is -0.475 e. The minimum atomic E-state index is -3.80. The molecule has 0 saturated heterocycles. The molecule has 0 aliphatic carbocycles. The highest BCUT2D eigenvalue weighted by atomic mass is 32.2. The third-order valence-corrected chi connectivity index (χ3v) is 5.31. The molecule has 3 aromatic rings. The molecular formula is C21H21FN6O3S. The summed E-state index contributed by atoms with van der Waals surface area (Å²) in [5.41, 5.74) is 2.63. The average molecular weight is 457 g/mol. The minimum absolute atomic E-state index is 0.0345. The van der Waals surface area contributed by atoms with E-state index in [9.17, 15) is 12.8 Å². The molecule has 166 valence electrons. The lowest BCUT2D eigenvalue weighted by Gasteiger charge is -2.16. The van der Waals surface area contributed by atoms with Crippen LogP contribution in [-0.2, 0) is 10.0 Å². The molecule has 0 saturated carbocycles. The summed E-state index contributed by atoms with van der Waals surface area (Å²) in [4.78, 5) is 8.02. The maximum Gasteiger partial charge on any atom is 0.238 e. The van der Waals surface area contributed by atoms with Gasteiger partial charge in [0.25, 0.3) is 0 Å². The third-order valence-electron chi connectivity index (χ3n) is 4.38. The summed E-state index contributed by atoms with van der Waals surface area (Å²) < 4.78 is 42.7. The van der Waals surface area contributed by atoms with E-state index in [4.69, 9.17) is 15.1 Å². The van der Waals surface area contributed by atoms with Crippen LogP contribution in [0.1, 0.15) is 18.1 Å². The fourth-order valence-electron chi connectivity index (χ4n) is 2.92. The van der Waals surface area contributed by atoms with E-state index in [1.165, 1.54) is 24.3 Å². The lowest BCUT2D eigenvalue weighted by Crippen LogP contribution is -2.12. The zero-order valence-electron chi connectivity index (χ0n) is 17.5. The molecule has 11 heteroatoms. The number of aryl methyl sites for hydroxylation is 2. The molecule has 0 fully saturated rings. The maximum atomic E-state index is 14.3. The third kappa shape index (κ3) is 5.48. The zero-order valence-corrected chi connectivity index (χ0v) is 18.4. The molecule has 9 nitrogen and oxygen atoms in total. The second kappa shape index (κ2) is 9.17. The van der Waals surface area contributed by atoms with Crippen LogP contribution in [0.4, 0.5) is 27.5 Å². The Morgan fingerprint density at radius 1 is 1.12 bits per heavy atom. The van der Waals surface area contributed by atoms with E-state index in [1.54, 1.807) is 19.1 Å². The molecule has 0 aliphatic heterocycles. The van der Waals surface area contributed by atoms with Gasteiger partial charge in [-0.1, -0.05) is 0 Å².